The van der Waals surface area contributed by atoms with E-state index in [0.717, 1.165) is 32.0 Å². The number of Topliss-reactive ketones (excluding diaryl/α,β-unsaturated/α-hetero) is 1. The predicted octanol–water partition coefficient (Wildman–Crippen LogP) is 2.80. The molecular formula is C14H15F2NO2S. The topological polar surface area (TPSA) is 29.5 Å². The van der Waals surface area contributed by atoms with Crippen LogP contribution in [0.4, 0.5) is 8.78 Å². The first-order chi connectivity index (χ1) is 9.55. The number of piperidine rings is 1. The highest BCUT2D eigenvalue weighted by atomic mass is 32.2. The molecule has 0 radical (unpaired) electrons. The van der Waals surface area contributed by atoms with Gasteiger partial charge < -0.3 is 4.74 Å². The Hall–Kier alpha value is -0.980. The van der Waals surface area contributed by atoms with E-state index in [2.05, 4.69) is 4.31 Å². The maximum Gasteiger partial charge on any atom is 0.161 e. The maximum absolute atomic E-state index is 13.1. The van der Waals surface area contributed by atoms with Crippen molar-refractivity contribution in [2.24, 2.45) is 0 Å². The smallest absolute Gasteiger partial charge is 0.161 e. The first-order valence-electron chi connectivity index (χ1n) is 6.59. The Labute approximate surface area is 120 Å². The first kappa shape index (κ1) is 14.0. The minimum Gasteiger partial charge on any atom is -0.367 e. The van der Waals surface area contributed by atoms with Crippen LogP contribution in [0, 0.1) is 11.6 Å². The number of benzene rings is 1. The predicted molar refractivity (Wildman–Crippen MR) is 71.3 cm³/mol. The lowest BCUT2D eigenvalue weighted by Crippen LogP contribution is -2.41. The molecule has 20 heavy (non-hydrogen) atoms. The van der Waals surface area contributed by atoms with Crippen molar-refractivity contribution < 1.29 is 18.3 Å². The van der Waals surface area contributed by atoms with E-state index in [1.165, 1.54) is 24.1 Å². The van der Waals surface area contributed by atoms with Crippen molar-refractivity contribution in [3.8, 4) is 0 Å². The number of rotatable bonds is 2. The fourth-order valence-corrected chi connectivity index (χ4v) is 3.73. The Morgan fingerprint density at radius 1 is 1.15 bits per heavy atom. The number of hydrogen-bond donors (Lipinski definition) is 0. The quantitative estimate of drug-likeness (QED) is 0.785. The zero-order valence-corrected chi connectivity index (χ0v) is 11.7. The van der Waals surface area contributed by atoms with Crippen LogP contribution in [-0.2, 0) is 9.53 Å². The fourth-order valence-electron chi connectivity index (χ4n) is 2.73. The standard InChI is InChI=1S/C14H15F2NO2S/c15-10-5-11(16)7-13(6-10)20-17-3-1-14(2-4-17)8-12(18)9-19-14/h5-7H,1-4,8-9H2. The summed E-state index contributed by atoms with van der Waals surface area (Å²) in [6, 6.07) is 3.52. The Morgan fingerprint density at radius 2 is 1.80 bits per heavy atom. The molecule has 2 saturated heterocycles. The summed E-state index contributed by atoms with van der Waals surface area (Å²) in [5.74, 6) is -0.963. The van der Waals surface area contributed by atoms with Crippen LogP contribution in [0.5, 0.6) is 0 Å². The van der Waals surface area contributed by atoms with E-state index in [4.69, 9.17) is 4.74 Å². The van der Waals surface area contributed by atoms with Crippen LogP contribution < -0.4 is 0 Å². The van der Waals surface area contributed by atoms with Crippen LogP contribution in [0.1, 0.15) is 19.3 Å². The molecule has 2 fully saturated rings. The zero-order valence-electron chi connectivity index (χ0n) is 10.9. The molecule has 1 aromatic rings. The molecule has 0 aliphatic carbocycles. The second kappa shape index (κ2) is 5.42. The molecule has 0 aromatic heterocycles. The number of carbonyl (C=O) groups is 1. The third-order valence-corrected chi connectivity index (χ3v) is 4.83. The average molecular weight is 299 g/mol. The number of ketones is 1. The van der Waals surface area contributed by atoms with Gasteiger partial charge in [-0.1, -0.05) is 0 Å². The summed E-state index contributed by atoms with van der Waals surface area (Å²) in [6.07, 6.45) is 2.06. The van der Waals surface area contributed by atoms with Gasteiger partial charge in [0.25, 0.3) is 0 Å². The normalized spacial score (nSPS) is 22.6. The van der Waals surface area contributed by atoms with E-state index in [1.54, 1.807) is 0 Å². The molecule has 0 N–H and O–H groups in total. The lowest BCUT2D eigenvalue weighted by Gasteiger charge is -2.37. The van der Waals surface area contributed by atoms with E-state index in [-0.39, 0.29) is 18.0 Å². The van der Waals surface area contributed by atoms with Crippen LogP contribution in [0.15, 0.2) is 23.1 Å². The van der Waals surface area contributed by atoms with Crippen LogP contribution >= 0.6 is 11.9 Å². The van der Waals surface area contributed by atoms with Crippen molar-refractivity contribution in [3.05, 3.63) is 29.8 Å². The van der Waals surface area contributed by atoms with Crippen molar-refractivity contribution in [2.75, 3.05) is 19.7 Å². The highest BCUT2D eigenvalue weighted by Gasteiger charge is 2.42. The highest BCUT2D eigenvalue weighted by Crippen LogP contribution is 2.37. The van der Waals surface area contributed by atoms with Crippen molar-refractivity contribution >= 4 is 17.7 Å². The van der Waals surface area contributed by atoms with Gasteiger partial charge in [0.2, 0.25) is 0 Å². The Morgan fingerprint density at radius 3 is 2.35 bits per heavy atom. The molecule has 0 saturated carbocycles. The van der Waals surface area contributed by atoms with Gasteiger partial charge in [0.05, 0.1) is 5.60 Å². The average Bonchev–Trinajstić information content (AvgIpc) is 2.73. The van der Waals surface area contributed by atoms with Gasteiger partial charge in [0.15, 0.2) is 5.78 Å². The molecule has 2 heterocycles. The van der Waals surface area contributed by atoms with Gasteiger partial charge in [-0.05, 0) is 36.9 Å². The van der Waals surface area contributed by atoms with E-state index in [0.29, 0.717) is 11.3 Å². The molecule has 3 rings (SSSR count). The van der Waals surface area contributed by atoms with Gasteiger partial charge in [-0.15, -0.1) is 0 Å². The van der Waals surface area contributed by atoms with Gasteiger partial charge >= 0.3 is 0 Å². The van der Waals surface area contributed by atoms with Crippen LogP contribution in [0.2, 0.25) is 0 Å². The molecule has 108 valence electrons. The molecule has 6 heteroatoms. The molecule has 0 unspecified atom stereocenters. The third-order valence-electron chi connectivity index (χ3n) is 3.76. The molecule has 2 aliphatic rings. The Balaban J connectivity index is 1.60. The molecule has 3 nitrogen and oxygen atoms in total. The maximum atomic E-state index is 13.1. The van der Waals surface area contributed by atoms with Crippen LogP contribution in [0.3, 0.4) is 0 Å². The Bertz CT molecular complexity index is 510. The molecule has 2 aliphatic heterocycles. The second-order valence-corrected chi connectivity index (χ2v) is 6.48. The summed E-state index contributed by atoms with van der Waals surface area (Å²) in [7, 11) is 0. The van der Waals surface area contributed by atoms with E-state index in [1.807, 2.05) is 0 Å². The molecule has 0 bridgehead atoms. The molecule has 1 aromatic carbocycles. The number of nitrogens with zero attached hydrogens (tertiary/aromatic N) is 1. The first-order valence-corrected chi connectivity index (χ1v) is 7.37. The van der Waals surface area contributed by atoms with E-state index >= 15 is 0 Å². The third kappa shape index (κ3) is 3.02. The number of halogens is 2. The van der Waals surface area contributed by atoms with Crippen LogP contribution in [-0.4, -0.2) is 35.4 Å². The van der Waals surface area contributed by atoms with E-state index in [9.17, 15) is 13.6 Å². The monoisotopic (exact) mass is 299 g/mol. The summed E-state index contributed by atoms with van der Waals surface area (Å²) in [5, 5.41) is 0. The number of carbonyl (C=O) groups excluding carboxylic acids is 1. The van der Waals surface area contributed by atoms with Crippen LogP contribution in [0.25, 0.3) is 0 Å². The fraction of sp³-hybridized carbons (Fsp3) is 0.500. The number of hydrogen-bond acceptors (Lipinski definition) is 4. The summed E-state index contributed by atoms with van der Waals surface area (Å²) in [4.78, 5) is 11.9. The second-order valence-electron chi connectivity index (χ2n) is 5.31. The SMILES string of the molecule is O=C1COC2(CCN(Sc3cc(F)cc(F)c3)CC2)C1. The number of ether oxygens (including phenoxy) is 1. The molecular weight excluding hydrogens is 284 g/mol. The van der Waals surface area contributed by atoms with Crippen molar-refractivity contribution in [1.29, 1.82) is 0 Å². The van der Waals surface area contributed by atoms with Gasteiger partial charge in [-0.2, -0.15) is 0 Å². The van der Waals surface area contributed by atoms with E-state index < -0.39 is 11.6 Å². The van der Waals surface area contributed by atoms with Crippen molar-refractivity contribution in [3.63, 3.8) is 0 Å². The summed E-state index contributed by atoms with van der Waals surface area (Å²) in [6.45, 7) is 1.72. The molecule has 0 amide bonds. The Kier molecular flexibility index (Phi) is 3.79. The largest absolute Gasteiger partial charge is 0.367 e. The van der Waals surface area contributed by atoms with Gasteiger partial charge in [-0.3, -0.25) is 4.79 Å². The summed E-state index contributed by atoms with van der Waals surface area (Å²) >= 11 is 1.35. The van der Waals surface area contributed by atoms with Crippen molar-refractivity contribution in [1.82, 2.24) is 4.31 Å². The minimum absolute atomic E-state index is 0.165. The summed E-state index contributed by atoms with van der Waals surface area (Å²) in [5.41, 5.74) is -0.290. The van der Waals surface area contributed by atoms with Gasteiger partial charge in [-0.25, -0.2) is 13.1 Å². The van der Waals surface area contributed by atoms with Gasteiger partial charge in [0, 0.05) is 30.5 Å². The lowest BCUT2D eigenvalue weighted by atomic mass is 9.89. The molecule has 1 spiro atoms. The highest BCUT2D eigenvalue weighted by molar-refractivity contribution is 7.97. The van der Waals surface area contributed by atoms with Crippen molar-refractivity contribution in [2.45, 2.75) is 29.8 Å². The lowest BCUT2D eigenvalue weighted by molar-refractivity contribution is -0.117. The van der Waals surface area contributed by atoms with Gasteiger partial charge in [0.1, 0.15) is 18.2 Å². The zero-order chi connectivity index (χ0) is 14.2. The minimum atomic E-state index is -0.564. The molecule has 0 atom stereocenters. The summed E-state index contributed by atoms with van der Waals surface area (Å²) < 4.78 is 34.0.